The zero-order valence-electron chi connectivity index (χ0n) is 23.8. The van der Waals surface area contributed by atoms with Gasteiger partial charge in [0, 0.05) is 24.9 Å². The van der Waals surface area contributed by atoms with Gasteiger partial charge < -0.3 is 18.9 Å². The Labute approximate surface area is 254 Å². The van der Waals surface area contributed by atoms with Gasteiger partial charge in [-0.1, -0.05) is 41.9 Å². The van der Waals surface area contributed by atoms with Crippen molar-refractivity contribution >= 4 is 22.4 Å². The lowest BCUT2D eigenvalue weighted by molar-refractivity contribution is -0.189. The maximum Gasteiger partial charge on any atom is 0.425 e. The maximum atomic E-state index is 13.7. The highest BCUT2D eigenvalue weighted by molar-refractivity contribution is 6.31. The SMILES string of the molecule is CCn1c(COCc2ccccc2)nn(-c2cc(O[C@@H](C)C(F)(F)F)c3c(Oc4nc(OC)ccc4Cl)nccc3c2)c1=O. The first-order valence-electron chi connectivity index (χ1n) is 13.4. The molecule has 5 aromatic rings. The molecule has 3 aromatic heterocycles. The summed E-state index contributed by atoms with van der Waals surface area (Å²) in [6.45, 7) is 3.28. The Morgan fingerprint density at radius 1 is 1.02 bits per heavy atom. The van der Waals surface area contributed by atoms with Gasteiger partial charge in [0.25, 0.3) is 0 Å². The average molecular weight is 630 g/mol. The lowest BCUT2D eigenvalue weighted by atomic mass is 10.1. The van der Waals surface area contributed by atoms with E-state index >= 15 is 0 Å². The zero-order valence-corrected chi connectivity index (χ0v) is 24.6. The molecule has 0 aliphatic rings. The van der Waals surface area contributed by atoms with Crippen LogP contribution in [0.4, 0.5) is 13.2 Å². The molecule has 3 heterocycles. The van der Waals surface area contributed by atoms with Gasteiger partial charge in [-0.05, 0) is 43.0 Å². The first kappa shape index (κ1) is 30.8. The first-order valence-corrected chi connectivity index (χ1v) is 13.8. The van der Waals surface area contributed by atoms with Crippen molar-refractivity contribution in [1.29, 1.82) is 0 Å². The van der Waals surface area contributed by atoms with Crippen molar-refractivity contribution in [3.05, 3.63) is 93.8 Å². The zero-order chi connectivity index (χ0) is 31.4. The van der Waals surface area contributed by atoms with E-state index in [1.807, 2.05) is 30.3 Å². The van der Waals surface area contributed by atoms with Crippen LogP contribution in [-0.4, -0.2) is 43.7 Å². The molecular formula is C30H27ClF3N5O5. The van der Waals surface area contributed by atoms with Crippen LogP contribution in [0.5, 0.6) is 23.4 Å². The number of hydrogen-bond donors (Lipinski definition) is 0. The minimum absolute atomic E-state index is 0.0310. The first-order chi connectivity index (χ1) is 21.1. The second kappa shape index (κ2) is 12.9. The number of rotatable bonds is 11. The molecule has 44 heavy (non-hydrogen) atoms. The summed E-state index contributed by atoms with van der Waals surface area (Å²) in [7, 11) is 1.41. The minimum Gasteiger partial charge on any atom is -0.481 e. The Bertz CT molecular complexity index is 1830. The standard InChI is InChI=1S/C30H27ClF3N5O5/c1-4-38-24(17-42-16-19-8-6-5-7-9-19)37-39(29(38)40)21-14-20-12-13-35-28(44-27-22(31)10-11-25(36-27)41-3)26(20)23(15-21)43-18(2)30(32,33)34/h5-15,18H,4,16-17H2,1-3H3/t18-/m0/s1. The third-order valence-electron chi connectivity index (χ3n) is 6.58. The molecule has 0 fully saturated rings. The number of hydrogen-bond acceptors (Lipinski definition) is 8. The van der Waals surface area contributed by atoms with Crippen LogP contribution in [0.3, 0.4) is 0 Å². The summed E-state index contributed by atoms with van der Waals surface area (Å²) in [6, 6.07) is 16.9. The van der Waals surface area contributed by atoms with Gasteiger partial charge in [0.1, 0.15) is 17.4 Å². The van der Waals surface area contributed by atoms with Crippen LogP contribution >= 0.6 is 11.6 Å². The van der Waals surface area contributed by atoms with Crippen molar-refractivity contribution in [2.75, 3.05) is 7.11 Å². The van der Waals surface area contributed by atoms with Gasteiger partial charge in [-0.25, -0.2) is 9.78 Å². The number of aromatic nitrogens is 5. The summed E-state index contributed by atoms with van der Waals surface area (Å²) in [5.41, 5.74) is 0.612. The van der Waals surface area contributed by atoms with E-state index < -0.39 is 18.0 Å². The van der Waals surface area contributed by atoms with Crippen LogP contribution in [0, 0.1) is 0 Å². The van der Waals surface area contributed by atoms with Gasteiger partial charge in [-0.3, -0.25) is 4.57 Å². The number of nitrogens with zero attached hydrogens (tertiary/aromatic N) is 5. The number of fused-ring (bicyclic) bond motifs is 1. The van der Waals surface area contributed by atoms with Crippen LogP contribution in [0.15, 0.2) is 71.7 Å². The van der Waals surface area contributed by atoms with Crippen molar-refractivity contribution in [2.24, 2.45) is 0 Å². The van der Waals surface area contributed by atoms with Gasteiger partial charge in [0.15, 0.2) is 11.9 Å². The van der Waals surface area contributed by atoms with Crippen molar-refractivity contribution in [2.45, 2.75) is 45.9 Å². The predicted octanol–water partition coefficient (Wildman–Crippen LogP) is 6.50. The molecule has 5 rings (SSSR count). The van der Waals surface area contributed by atoms with Crippen LogP contribution in [-0.2, 0) is 24.5 Å². The highest BCUT2D eigenvalue weighted by Gasteiger charge is 2.38. The molecule has 2 aromatic carbocycles. The Morgan fingerprint density at radius 3 is 2.50 bits per heavy atom. The fraction of sp³-hybridized carbons (Fsp3) is 0.267. The Kier molecular flexibility index (Phi) is 9.06. The normalized spacial score (nSPS) is 12.3. The van der Waals surface area contributed by atoms with Gasteiger partial charge in [0.05, 0.1) is 24.8 Å². The van der Waals surface area contributed by atoms with Gasteiger partial charge >= 0.3 is 11.9 Å². The molecule has 10 nitrogen and oxygen atoms in total. The minimum atomic E-state index is -4.69. The quantitative estimate of drug-likeness (QED) is 0.163. The highest BCUT2D eigenvalue weighted by Crippen LogP contribution is 2.39. The third-order valence-corrected chi connectivity index (χ3v) is 6.86. The second-order valence-electron chi connectivity index (χ2n) is 9.54. The van der Waals surface area contributed by atoms with E-state index in [2.05, 4.69) is 15.1 Å². The maximum absolute atomic E-state index is 13.7. The summed E-state index contributed by atoms with van der Waals surface area (Å²) in [4.78, 5) is 21.8. The predicted molar refractivity (Wildman–Crippen MR) is 156 cm³/mol. The van der Waals surface area contributed by atoms with E-state index in [1.54, 1.807) is 19.1 Å². The molecule has 1 atom stereocenters. The molecular weight excluding hydrogens is 603 g/mol. The number of halogens is 4. The smallest absolute Gasteiger partial charge is 0.425 e. The van der Waals surface area contributed by atoms with E-state index in [1.165, 1.54) is 36.1 Å². The van der Waals surface area contributed by atoms with Crippen LogP contribution in [0.25, 0.3) is 16.5 Å². The summed E-state index contributed by atoms with van der Waals surface area (Å²) >= 11 is 6.25. The topological polar surface area (TPSA) is 103 Å². The van der Waals surface area contributed by atoms with Crippen LogP contribution in [0.1, 0.15) is 25.2 Å². The average Bonchev–Trinajstić information content (AvgIpc) is 3.32. The fourth-order valence-electron chi connectivity index (χ4n) is 4.33. The number of methoxy groups -OCH3 is 1. The van der Waals surface area contributed by atoms with Gasteiger partial charge in [-0.2, -0.15) is 22.8 Å². The number of pyridine rings is 2. The lowest BCUT2D eigenvalue weighted by Gasteiger charge is -2.20. The Morgan fingerprint density at radius 2 is 1.80 bits per heavy atom. The second-order valence-corrected chi connectivity index (χ2v) is 9.94. The molecule has 0 aliphatic carbocycles. The van der Waals surface area contributed by atoms with Crippen molar-refractivity contribution < 1.29 is 32.1 Å². The molecule has 0 spiro atoms. The molecule has 0 radical (unpaired) electrons. The summed E-state index contributed by atoms with van der Waals surface area (Å²) in [5, 5.41) is 5.03. The molecule has 230 valence electrons. The summed E-state index contributed by atoms with van der Waals surface area (Å²) in [5.74, 6) is 0.0930. The number of alkyl halides is 3. The molecule has 0 unspecified atom stereocenters. The number of benzene rings is 2. The molecule has 0 aliphatic heterocycles. The lowest BCUT2D eigenvalue weighted by Crippen LogP contribution is -2.31. The van der Waals surface area contributed by atoms with Crippen molar-refractivity contribution in [3.63, 3.8) is 0 Å². The Balaban J connectivity index is 1.58. The van der Waals surface area contributed by atoms with Crippen LogP contribution in [0.2, 0.25) is 5.02 Å². The van der Waals surface area contributed by atoms with E-state index in [0.29, 0.717) is 24.4 Å². The molecule has 0 saturated heterocycles. The fourth-order valence-corrected chi connectivity index (χ4v) is 4.47. The monoisotopic (exact) mass is 629 g/mol. The number of ether oxygens (including phenoxy) is 4. The van der Waals surface area contributed by atoms with Crippen LogP contribution < -0.4 is 19.9 Å². The molecule has 0 amide bonds. The van der Waals surface area contributed by atoms with E-state index in [-0.39, 0.29) is 46.1 Å². The van der Waals surface area contributed by atoms with Gasteiger partial charge in [-0.15, -0.1) is 5.10 Å². The van der Waals surface area contributed by atoms with Crippen molar-refractivity contribution in [3.8, 4) is 29.1 Å². The van der Waals surface area contributed by atoms with Crippen molar-refractivity contribution in [1.82, 2.24) is 24.3 Å². The third kappa shape index (κ3) is 6.63. The summed E-state index contributed by atoms with van der Waals surface area (Å²) < 4.78 is 65.7. The molecule has 14 heteroatoms. The molecule has 0 bridgehead atoms. The van der Waals surface area contributed by atoms with E-state index in [9.17, 15) is 18.0 Å². The molecule has 0 saturated carbocycles. The summed E-state index contributed by atoms with van der Waals surface area (Å²) in [6.07, 6.45) is -5.50. The van der Waals surface area contributed by atoms with Gasteiger partial charge in [0.2, 0.25) is 17.6 Å². The molecule has 0 N–H and O–H groups in total. The van der Waals surface area contributed by atoms with E-state index in [4.69, 9.17) is 30.5 Å². The highest BCUT2D eigenvalue weighted by atomic mass is 35.5. The largest absolute Gasteiger partial charge is 0.481 e. The van der Waals surface area contributed by atoms with E-state index in [0.717, 1.165) is 17.2 Å². The Hall–Kier alpha value is -4.62.